The monoisotopic (exact) mass is 169 g/mol. The summed E-state index contributed by atoms with van der Waals surface area (Å²) in [5.74, 6) is 0. The third kappa shape index (κ3) is 2.96. The fourth-order valence-corrected chi connectivity index (χ4v) is 0.942. The third-order valence-corrected chi connectivity index (χ3v) is 1.64. The van der Waals surface area contributed by atoms with E-state index in [2.05, 4.69) is 4.98 Å². The summed E-state index contributed by atoms with van der Waals surface area (Å²) in [4.78, 5) is 4.04. The molecule has 0 bridgehead atoms. The van der Waals surface area contributed by atoms with Crippen molar-refractivity contribution in [2.45, 2.75) is 19.0 Å². The summed E-state index contributed by atoms with van der Waals surface area (Å²) in [5, 5.41) is 8.42. The molecule has 0 aromatic carbocycles. The van der Waals surface area contributed by atoms with E-state index >= 15 is 0 Å². The van der Waals surface area contributed by atoms with Gasteiger partial charge in [-0.25, -0.2) is 4.39 Å². The third-order valence-electron chi connectivity index (χ3n) is 1.64. The predicted octanol–water partition coefficient (Wildman–Crippen LogP) is 1.34. The van der Waals surface area contributed by atoms with E-state index in [0.29, 0.717) is 12.8 Å². The zero-order valence-electron chi connectivity index (χ0n) is 6.78. The molecular weight excluding hydrogens is 157 g/mol. The maximum atomic E-state index is 12.5. The first-order chi connectivity index (χ1) is 5.83. The summed E-state index contributed by atoms with van der Waals surface area (Å²) in [6.07, 6.45) is 1.49. The summed E-state index contributed by atoms with van der Waals surface area (Å²) in [7, 11) is 0. The number of rotatable bonds is 4. The average molecular weight is 169 g/mol. The summed E-state index contributed by atoms with van der Waals surface area (Å²) in [5.41, 5.74) is 0.869. The van der Waals surface area contributed by atoms with Crippen LogP contribution in [-0.2, 0) is 6.42 Å². The number of pyridine rings is 1. The number of aromatic nitrogens is 1. The fourth-order valence-electron chi connectivity index (χ4n) is 0.942. The maximum absolute atomic E-state index is 12.5. The van der Waals surface area contributed by atoms with Crippen molar-refractivity contribution in [2.75, 3.05) is 6.61 Å². The molecule has 0 fully saturated rings. The molecule has 0 radical (unpaired) electrons. The molecule has 0 aliphatic rings. The molecule has 12 heavy (non-hydrogen) atoms. The van der Waals surface area contributed by atoms with Crippen LogP contribution >= 0.6 is 0 Å². The van der Waals surface area contributed by atoms with Crippen LogP contribution in [0.25, 0.3) is 0 Å². The summed E-state index contributed by atoms with van der Waals surface area (Å²) < 4.78 is 12.5. The molecular formula is C9H12FNO. The van der Waals surface area contributed by atoms with Crippen LogP contribution in [0.2, 0.25) is 0 Å². The Morgan fingerprint density at radius 2 is 2.33 bits per heavy atom. The van der Waals surface area contributed by atoms with Crippen LogP contribution < -0.4 is 0 Å². The first-order valence-electron chi connectivity index (χ1n) is 3.97. The topological polar surface area (TPSA) is 33.1 Å². The van der Waals surface area contributed by atoms with E-state index in [0.717, 1.165) is 5.69 Å². The molecule has 3 heteroatoms. The second-order valence-electron chi connectivity index (χ2n) is 2.64. The van der Waals surface area contributed by atoms with E-state index in [-0.39, 0.29) is 0 Å². The Labute approximate surface area is 71.1 Å². The largest absolute Gasteiger partial charge is 0.393 e. The standard InChI is InChI=1S/C9H12FNO/c10-8(7-12)4-5-9-3-1-2-6-11-9/h1-3,6,8,12H,4-5,7H2. The Hall–Kier alpha value is -0.960. The molecule has 1 aromatic heterocycles. The lowest BCUT2D eigenvalue weighted by atomic mass is 10.1. The van der Waals surface area contributed by atoms with Crippen LogP contribution in [0.15, 0.2) is 24.4 Å². The number of alkyl halides is 1. The van der Waals surface area contributed by atoms with Crippen molar-refractivity contribution in [1.82, 2.24) is 4.98 Å². The fraction of sp³-hybridized carbons (Fsp3) is 0.444. The van der Waals surface area contributed by atoms with Gasteiger partial charge in [0.25, 0.3) is 0 Å². The molecule has 0 saturated carbocycles. The average Bonchev–Trinajstić information content (AvgIpc) is 2.16. The Morgan fingerprint density at radius 3 is 2.92 bits per heavy atom. The van der Waals surface area contributed by atoms with Gasteiger partial charge in [-0.3, -0.25) is 4.98 Å². The van der Waals surface area contributed by atoms with Crippen LogP contribution in [0.5, 0.6) is 0 Å². The van der Waals surface area contributed by atoms with Crippen LogP contribution in [0, 0.1) is 0 Å². The molecule has 2 nitrogen and oxygen atoms in total. The normalized spacial score (nSPS) is 12.8. The number of nitrogens with zero attached hydrogens (tertiary/aromatic N) is 1. The number of aryl methyl sites for hydroxylation is 1. The minimum Gasteiger partial charge on any atom is -0.393 e. The molecule has 0 aliphatic heterocycles. The van der Waals surface area contributed by atoms with Gasteiger partial charge in [0.2, 0.25) is 0 Å². The number of halogens is 1. The van der Waals surface area contributed by atoms with Gasteiger partial charge in [-0.1, -0.05) is 6.07 Å². The van der Waals surface area contributed by atoms with E-state index < -0.39 is 12.8 Å². The van der Waals surface area contributed by atoms with Gasteiger partial charge < -0.3 is 5.11 Å². The Bertz CT molecular complexity index is 215. The molecule has 0 spiro atoms. The Kier molecular flexibility index (Phi) is 3.67. The number of hydrogen-bond acceptors (Lipinski definition) is 2. The van der Waals surface area contributed by atoms with Crippen LogP contribution in [-0.4, -0.2) is 22.9 Å². The van der Waals surface area contributed by atoms with Gasteiger partial charge in [-0.2, -0.15) is 0 Å². The van der Waals surface area contributed by atoms with Gasteiger partial charge in [0.15, 0.2) is 0 Å². The van der Waals surface area contributed by atoms with Crippen LogP contribution in [0.3, 0.4) is 0 Å². The SMILES string of the molecule is OCC(F)CCc1ccccn1. The van der Waals surface area contributed by atoms with Crippen LogP contribution in [0.1, 0.15) is 12.1 Å². The molecule has 1 heterocycles. The van der Waals surface area contributed by atoms with Crippen molar-refractivity contribution in [3.63, 3.8) is 0 Å². The zero-order chi connectivity index (χ0) is 8.81. The zero-order valence-corrected chi connectivity index (χ0v) is 6.78. The van der Waals surface area contributed by atoms with Crippen molar-refractivity contribution in [2.24, 2.45) is 0 Å². The molecule has 1 atom stereocenters. The van der Waals surface area contributed by atoms with E-state index in [4.69, 9.17) is 5.11 Å². The van der Waals surface area contributed by atoms with Gasteiger partial charge in [0.1, 0.15) is 6.17 Å². The van der Waals surface area contributed by atoms with Crippen molar-refractivity contribution in [3.05, 3.63) is 30.1 Å². The molecule has 1 rings (SSSR count). The van der Waals surface area contributed by atoms with E-state index in [1.807, 2.05) is 18.2 Å². The van der Waals surface area contributed by atoms with Crippen molar-refractivity contribution >= 4 is 0 Å². The van der Waals surface area contributed by atoms with Crippen molar-refractivity contribution < 1.29 is 9.50 Å². The van der Waals surface area contributed by atoms with Gasteiger partial charge >= 0.3 is 0 Å². The lowest BCUT2D eigenvalue weighted by Crippen LogP contribution is -2.07. The number of hydrogen-bond donors (Lipinski definition) is 1. The first-order valence-corrected chi connectivity index (χ1v) is 3.97. The molecule has 1 unspecified atom stereocenters. The quantitative estimate of drug-likeness (QED) is 0.737. The van der Waals surface area contributed by atoms with Crippen molar-refractivity contribution in [3.8, 4) is 0 Å². The minimum absolute atomic E-state index is 0.341. The smallest absolute Gasteiger partial charge is 0.123 e. The van der Waals surface area contributed by atoms with Crippen molar-refractivity contribution in [1.29, 1.82) is 0 Å². The second kappa shape index (κ2) is 4.83. The minimum atomic E-state index is -1.12. The van der Waals surface area contributed by atoms with Gasteiger partial charge in [0.05, 0.1) is 6.61 Å². The van der Waals surface area contributed by atoms with Gasteiger partial charge in [-0.15, -0.1) is 0 Å². The highest BCUT2D eigenvalue weighted by Crippen LogP contribution is 2.03. The van der Waals surface area contributed by atoms with E-state index in [1.54, 1.807) is 6.20 Å². The molecule has 66 valence electrons. The maximum Gasteiger partial charge on any atom is 0.123 e. The van der Waals surface area contributed by atoms with E-state index in [1.165, 1.54) is 0 Å². The highest BCUT2D eigenvalue weighted by Gasteiger charge is 2.04. The predicted molar refractivity (Wildman–Crippen MR) is 44.5 cm³/mol. The molecule has 0 saturated heterocycles. The van der Waals surface area contributed by atoms with Gasteiger partial charge in [-0.05, 0) is 25.0 Å². The number of aliphatic hydroxyl groups excluding tert-OH is 1. The highest BCUT2D eigenvalue weighted by atomic mass is 19.1. The van der Waals surface area contributed by atoms with Crippen LogP contribution in [0.4, 0.5) is 4.39 Å². The lowest BCUT2D eigenvalue weighted by Gasteiger charge is -2.02. The Morgan fingerprint density at radius 1 is 1.50 bits per heavy atom. The first kappa shape index (κ1) is 9.13. The molecule has 1 aromatic rings. The number of aliphatic hydroxyl groups is 1. The summed E-state index contributed by atoms with van der Waals surface area (Å²) >= 11 is 0. The second-order valence-corrected chi connectivity index (χ2v) is 2.64. The highest BCUT2D eigenvalue weighted by molar-refractivity contribution is 5.03. The summed E-state index contributed by atoms with van der Waals surface area (Å²) in [6, 6.07) is 5.54. The summed E-state index contributed by atoms with van der Waals surface area (Å²) in [6.45, 7) is -0.396. The molecule has 0 aliphatic carbocycles. The Balaban J connectivity index is 2.33. The lowest BCUT2D eigenvalue weighted by molar-refractivity contribution is 0.170. The van der Waals surface area contributed by atoms with Gasteiger partial charge in [0, 0.05) is 11.9 Å². The molecule has 1 N–H and O–H groups in total. The van der Waals surface area contributed by atoms with E-state index in [9.17, 15) is 4.39 Å². The molecule has 0 amide bonds.